The highest BCUT2D eigenvalue weighted by atomic mass is 32.1. The van der Waals surface area contributed by atoms with Gasteiger partial charge in [-0.05, 0) is 37.9 Å². The van der Waals surface area contributed by atoms with Gasteiger partial charge in [-0.25, -0.2) is 0 Å². The SMILES string of the molecule is CCN(C)CCn1c(-c2ccccn2)n[nH]c1=S. The van der Waals surface area contributed by atoms with E-state index >= 15 is 0 Å². The molecule has 0 amide bonds. The molecule has 0 radical (unpaired) electrons. The van der Waals surface area contributed by atoms with Crippen LogP contribution in [0.4, 0.5) is 0 Å². The molecule has 0 aliphatic rings. The molecular formula is C12H17N5S. The number of pyridine rings is 1. The summed E-state index contributed by atoms with van der Waals surface area (Å²) in [6.45, 7) is 4.90. The van der Waals surface area contributed by atoms with Gasteiger partial charge >= 0.3 is 0 Å². The topological polar surface area (TPSA) is 49.7 Å². The van der Waals surface area contributed by atoms with E-state index in [1.807, 2.05) is 22.8 Å². The number of rotatable bonds is 5. The number of hydrogen-bond acceptors (Lipinski definition) is 4. The first kappa shape index (κ1) is 12.9. The molecule has 0 aromatic carbocycles. The van der Waals surface area contributed by atoms with Crippen molar-refractivity contribution in [3.05, 3.63) is 29.2 Å². The second-order valence-electron chi connectivity index (χ2n) is 4.11. The number of nitrogens with one attached hydrogen (secondary N) is 1. The molecule has 0 saturated carbocycles. The van der Waals surface area contributed by atoms with Gasteiger partial charge in [0, 0.05) is 19.3 Å². The maximum atomic E-state index is 5.26. The zero-order valence-electron chi connectivity index (χ0n) is 10.6. The van der Waals surface area contributed by atoms with Crippen molar-refractivity contribution in [2.24, 2.45) is 0 Å². The van der Waals surface area contributed by atoms with Crippen molar-refractivity contribution in [1.29, 1.82) is 0 Å². The van der Waals surface area contributed by atoms with Gasteiger partial charge in [0.2, 0.25) is 0 Å². The number of likely N-dealkylation sites (N-methyl/N-ethyl adjacent to an activating group) is 1. The van der Waals surface area contributed by atoms with Crippen LogP contribution in [-0.4, -0.2) is 44.8 Å². The average Bonchev–Trinajstić information content (AvgIpc) is 2.78. The zero-order chi connectivity index (χ0) is 13.0. The molecule has 0 aliphatic carbocycles. The lowest BCUT2D eigenvalue weighted by Gasteiger charge is -2.14. The van der Waals surface area contributed by atoms with Crippen LogP contribution >= 0.6 is 12.2 Å². The van der Waals surface area contributed by atoms with Crippen molar-refractivity contribution in [3.8, 4) is 11.5 Å². The molecule has 18 heavy (non-hydrogen) atoms. The van der Waals surface area contributed by atoms with Gasteiger partial charge in [0.15, 0.2) is 10.6 Å². The minimum absolute atomic E-state index is 0.639. The van der Waals surface area contributed by atoms with Crippen molar-refractivity contribution in [2.45, 2.75) is 13.5 Å². The summed E-state index contributed by atoms with van der Waals surface area (Å²) < 4.78 is 2.63. The lowest BCUT2D eigenvalue weighted by Crippen LogP contribution is -2.23. The highest BCUT2D eigenvalue weighted by Crippen LogP contribution is 2.13. The van der Waals surface area contributed by atoms with Gasteiger partial charge in [0.25, 0.3) is 0 Å². The van der Waals surface area contributed by atoms with Crippen LogP contribution in [-0.2, 0) is 6.54 Å². The normalized spacial score (nSPS) is 11.1. The Balaban J connectivity index is 2.25. The molecule has 96 valence electrons. The molecular weight excluding hydrogens is 246 g/mol. The third-order valence-corrected chi connectivity index (χ3v) is 3.21. The van der Waals surface area contributed by atoms with Gasteiger partial charge < -0.3 is 4.90 Å². The van der Waals surface area contributed by atoms with E-state index in [9.17, 15) is 0 Å². The van der Waals surface area contributed by atoms with Crippen LogP contribution in [0.25, 0.3) is 11.5 Å². The lowest BCUT2D eigenvalue weighted by molar-refractivity contribution is 0.335. The second-order valence-corrected chi connectivity index (χ2v) is 4.50. The Morgan fingerprint density at radius 3 is 2.94 bits per heavy atom. The first-order chi connectivity index (χ1) is 8.72. The maximum absolute atomic E-state index is 5.26. The van der Waals surface area contributed by atoms with E-state index in [4.69, 9.17) is 12.2 Å². The van der Waals surface area contributed by atoms with E-state index in [1.165, 1.54) is 0 Å². The van der Waals surface area contributed by atoms with E-state index in [0.717, 1.165) is 31.2 Å². The van der Waals surface area contributed by atoms with Crippen LogP contribution in [0.5, 0.6) is 0 Å². The summed E-state index contributed by atoms with van der Waals surface area (Å²) in [5, 5.41) is 7.09. The highest BCUT2D eigenvalue weighted by molar-refractivity contribution is 7.71. The largest absolute Gasteiger partial charge is 0.305 e. The van der Waals surface area contributed by atoms with E-state index in [2.05, 4.69) is 34.1 Å². The third-order valence-electron chi connectivity index (χ3n) is 2.90. The Hall–Kier alpha value is -1.53. The van der Waals surface area contributed by atoms with Gasteiger partial charge in [-0.1, -0.05) is 13.0 Å². The molecule has 2 aromatic heterocycles. The summed E-state index contributed by atoms with van der Waals surface area (Å²) >= 11 is 5.26. The standard InChI is InChI=1S/C12H17N5S/c1-3-16(2)8-9-17-11(14-15-12(17)18)10-6-4-5-7-13-10/h4-7H,3,8-9H2,1-2H3,(H,15,18). The molecule has 2 rings (SSSR count). The molecule has 1 N–H and O–H groups in total. The highest BCUT2D eigenvalue weighted by Gasteiger charge is 2.09. The molecule has 0 fully saturated rings. The molecule has 0 unspecified atom stereocenters. The van der Waals surface area contributed by atoms with Gasteiger partial charge in [0.1, 0.15) is 5.69 Å². The van der Waals surface area contributed by atoms with Crippen molar-refractivity contribution in [1.82, 2.24) is 24.6 Å². The average molecular weight is 263 g/mol. The molecule has 2 heterocycles. The smallest absolute Gasteiger partial charge is 0.195 e. The van der Waals surface area contributed by atoms with Gasteiger partial charge in [-0.15, -0.1) is 0 Å². The number of aromatic nitrogens is 4. The molecule has 2 aromatic rings. The Morgan fingerprint density at radius 2 is 2.28 bits per heavy atom. The summed E-state index contributed by atoms with van der Waals surface area (Å²) in [5.74, 6) is 0.796. The molecule has 0 aliphatic heterocycles. The number of H-pyrrole nitrogens is 1. The van der Waals surface area contributed by atoms with Crippen molar-refractivity contribution < 1.29 is 0 Å². The van der Waals surface area contributed by atoms with Crippen LogP contribution in [0.3, 0.4) is 0 Å². The van der Waals surface area contributed by atoms with Gasteiger partial charge in [-0.3, -0.25) is 14.6 Å². The summed E-state index contributed by atoms with van der Waals surface area (Å²) in [6, 6.07) is 5.77. The van der Waals surface area contributed by atoms with Crippen LogP contribution in [0.2, 0.25) is 0 Å². The van der Waals surface area contributed by atoms with Crippen LogP contribution < -0.4 is 0 Å². The summed E-state index contributed by atoms with van der Waals surface area (Å²) in [7, 11) is 2.09. The van der Waals surface area contributed by atoms with Crippen molar-refractivity contribution in [2.75, 3.05) is 20.1 Å². The summed E-state index contributed by atoms with van der Waals surface area (Å²) in [5.41, 5.74) is 0.837. The molecule has 5 nitrogen and oxygen atoms in total. The third kappa shape index (κ3) is 2.83. The van der Waals surface area contributed by atoms with E-state index in [0.29, 0.717) is 4.77 Å². The minimum atomic E-state index is 0.639. The van der Waals surface area contributed by atoms with Crippen molar-refractivity contribution >= 4 is 12.2 Å². The van der Waals surface area contributed by atoms with Crippen LogP contribution in [0.15, 0.2) is 24.4 Å². The van der Waals surface area contributed by atoms with E-state index in [-0.39, 0.29) is 0 Å². The Kier molecular flexibility index (Phi) is 4.22. The van der Waals surface area contributed by atoms with Crippen molar-refractivity contribution in [3.63, 3.8) is 0 Å². The maximum Gasteiger partial charge on any atom is 0.195 e. The summed E-state index contributed by atoms with van der Waals surface area (Å²) in [6.07, 6.45) is 1.76. The number of nitrogens with zero attached hydrogens (tertiary/aromatic N) is 4. The van der Waals surface area contributed by atoms with E-state index in [1.54, 1.807) is 6.20 Å². The molecule has 0 atom stereocenters. The predicted molar refractivity (Wildman–Crippen MR) is 73.8 cm³/mol. The predicted octanol–water partition coefficient (Wildman–Crippen LogP) is 1.95. The molecule has 0 spiro atoms. The van der Waals surface area contributed by atoms with Crippen LogP contribution in [0.1, 0.15) is 6.92 Å². The molecule has 0 bridgehead atoms. The second kappa shape index (κ2) is 5.88. The summed E-state index contributed by atoms with van der Waals surface area (Å²) in [4.78, 5) is 6.54. The molecule has 6 heteroatoms. The first-order valence-corrected chi connectivity index (χ1v) is 6.38. The minimum Gasteiger partial charge on any atom is -0.305 e. The first-order valence-electron chi connectivity index (χ1n) is 5.97. The Morgan fingerprint density at radius 1 is 1.44 bits per heavy atom. The Bertz CT molecular complexity index is 545. The van der Waals surface area contributed by atoms with Gasteiger partial charge in [0.05, 0.1) is 0 Å². The van der Waals surface area contributed by atoms with E-state index < -0.39 is 0 Å². The fourth-order valence-corrected chi connectivity index (χ4v) is 1.87. The van der Waals surface area contributed by atoms with Crippen LogP contribution in [0, 0.1) is 4.77 Å². The monoisotopic (exact) mass is 263 g/mol. The zero-order valence-corrected chi connectivity index (χ0v) is 11.4. The molecule has 0 saturated heterocycles. The number of hydrogen-bond donors (Lipinski definition) is 1. The Labute approximate surface area is 111 Å². The lowest BCUT2D eigenvalue weighted by atomic mass is 10.3. The fourth-order valence-electron chi connectivity index (χ4n) is 1.64. The van der Waals surface area contributed by atoms with Gasteiger partial charge in [-0.2, -0.15) is 5.10 Å². The fraction of sp³-hybridized carbons (Fsp3) is 0.417. The quantitative estimate of drug-likeness (QED) is 0.838. The number of aromatic amines is 1.